The standard InChI is InChI=1S/C17H18O4/c1-11-5-8-14(16(9-11)20-4)21-17(18)13-7-6-12(2)15(10-13)19-3/h5-10H,1-4H3. The summed E-state index contributed by atoms with van der Waals surface area (Å²) in [6.07, 6.45) is 0. The molecule has 4 heteroatoms. The fourth-order valence-corrected chi connectivity index (χ4v) is 1.96. The quantitative estimate of drug-likeness (QED) is 0.637. The molecule has 0 fully saturated rings. The molecular formula is C17H18O4. The number of hydrogen-bond acceptors (Lipinski definition) is 4. The Kier molecular flexibility index (Phi) is 4.48. The van der Waals surface area contributed by atoms with Gasteiger partial charge in [-0.3, -0.25) is 0 Å². The summed E-state index contributed by atoms with van der Waals surface area (Å²) < 4.78 is 15.8. The molecule has 0 heterocycles. The molecule has 21 heavy (non-hydrogen) atoms. The first-order chi connectivity index (χ1) is 10.0. The number of carbonyl (C=O) groups excluding carboxylic acids is 1. The Morgan fingerprint density at radius 3 is 2.24 bits per heavy atom. The maximum Gasteiger partial charge on any atom is 0.343 e. The normalized spacial score (nSPS) is 10.1. The summed E-state index contributed by atoms with van der Waals surface area (Å²) >= 11 is 0. The Labute approximate surface area is 124 Å². The Morgan fingerprint density at radius 2 is 1.57 bits per heavy atom. The van der Waals surface area contributed by atoms with Crippen LogP contribution in [0.25, 0.3) is 0 Å². The van der Waals surface area contributed by atoms with Crippen molar-refractivity contribution >= 4 is 5.97 Å². The van der Waals surface area contributed by atoms with Gasteiger partial charge in [-0.25, -0.2) is 4.79 Å². The maximum atomic E-state index is 12.2. The summed E-state index contributed by atoms with van der Waals surface area (Å²) in [4.78, 5) is 12.2. The van der Waals surface area contributed by atoms with Crippen molar-refractivity contribution in [2.75, 3.05) is 14.2 Å². The van der Waals surface area contributed by atoms with Crippen molar-refractivity contribution in [2.45, 2.75) is 13.8 Å². The zero-order valence-electron chi connectivity index (χ0n) is 12.6. The second kappa shape index (κ2) is 6.31. The highest BCUT2D eigenvalue weighted by molar-refractivity contribution is 5.92. The third-order valence-electron chi connectivity index (χ3n) is 3.17. The summed E-state index contributed by atoms with van der Waals surface area (Å²) in [5.74, 6) is 1.13. The van der Waals surface area contributed by atoms with Gasteiger partial charge in [0, 0.05) is 0 Å². The van der Waals surface area contributed by atoms with E-state index in [4.69, 9.17) is 14.2 Å². The largest absolute Gasteiger partial charge is 0.496 e. The Morgan fingerprint density at radius 1 is 0.857 bits per heavy atom. The molecular weight excluding hydrogens is 268 g/mol. The first kappa shape index (κ1) is 14.9. The molecule has 0 saturated carbocycles. The molecule has 2 rings (SSSR count). The molecule has 0 atom stereocenters. The predicted octanol–water partition coefficient (Wildman–Crippen LogP) is 3.54. The molecule has 0 unspecified atom stereocenters. The monoisotopic (exact) mass is 286 g/mol. The molecule has 2 aromatic rings. The van der Waals surface area contributed by atoms with E-state index in [9.17, 15) is 4.79 Å². The number of rotatable bonds is 4. The Bertz CT molecular complexity index is 662. The van der Waals surface area contributed by atoms with E-state index in [1.807, 2.05) is 32.0 Å². The summed E-state index contributed by atoms with van der Waals surface area (Å²) in [5, 5.41) is 0. The number of benzene rings is 2. The van der Waals surface area contributed by atoms with Crippen LogP contribution in [0.4, 0.5) is 0 Å². The lowest BCUT2D eigenvalue weighted by atomic mass is 10.1. The van der Waals surface area contributed by atoms with Crippen LogP contribution in [-0.2, 0) is 0 Å². The van der Waals surface area contributed by atoms with Crippen molar-refractivity contribution in [3.63, 3.8) is 0 Å². The van der Waals surface area contributed by atoms with Crippen LogP contribution in [-0.4, -0.2) is 20.2 Å². The molecule has 0 radical (unpaired) electrons. The van der Waals surface area contributed by atoms with Crippen molar-refractivity contribution in [1.82, 2.24) is 0 Å². The lowest BCUT2D eigenvalue weighted by Crippen LogP contribution is -2.09. The van der Waals surface area contributed by atoms with E-state index in [-0.39, 0.29) is 0 Å². The SMILES string of the molecule is COc1cc(C(=O)Oc2ccc(C)cc2OC)ccc1C. The van der Waals surface area contributed by atoms with Crippen molar-refractivity contribution < 1.29 is 19.0 Å². The van der Waals surface area contributed by atoms with Gasteiger partial charge in [-0.15, -0.1) is 0 Å². The van der Waals surface area contributed by atoms with Crippen LogP contribution in [0, 0.1) is 13.8 Å². The van der Waals surface area contributed by atoms with E-state index in [1.165, 1.54) is 0 Å². The van der Waals surface area contributed by atoms with Gasteiger partial charge in [0.1, 0.15) is 5.75 Å². The highest BCUT2D eigenvalue weighted by Gasteiger charge is 2.14. The van der Waals surface area contributed by atoms with E-state index in [0.29, 0.717) is 22.8 Å². The van der Waals surface area contributed by atoms with Gasteiger partial charge in [0.15, 0.2) is 11.5 Å². The average Bonchev–Trinajstić information content (AvgIpc) is 2.49. The fourth-order valence-electron chi connectivity index (χ4n) is 1.96. The molecule has 0 amide bonds. The van der Waals surface area contributed by atoms with Crippen molar-refractivity contribution in [3.8, 4) is 17.2 Å². The molecule has 110 valence electrons. The van der Waals surface area contributed by atoms with Gasteiger partial charge in [-0.1, -0.05) is 12.1 Å². The van der Waals surface area contributed by atoms with Crippen molar-refractivity contribution in [2.24, 2.45) is 0 Å². The molecule has 0 bridgehead atoms. The Balaban J connectivity index is 2.26. The zero-order valence-corrected chi connectivity index (χ0v) is 12.6. The van der Waals surface area contributed by atoms with Crippen LogP contribution in [0.5, 0.6) is 17.2 Å². The number of carbonyl (C=O) groups is 1. The van der Waals surface area contributed by atoms with Crippen LogP contribution in [0.3, 0.4) is 0 Å². The topological polar surface area (TPSA) is 44.8 Å². The average molecular weight is 286 g/mol. The second-order valence-corrected chi connectivity index (χ2v) is 4.73. The van der Waals surface area contributed by atoms with Gasteiger partial charge in [0.05, 0.1) is 19.8 Å². The van der Waals surface area contributed by atoms with Gasteiger partial charge in [-0.2, -0.15) is 0 Å². The van der Waals surface area contributed by atoms with Gasteiger partial charge in [0.25, 0.3) is 0 Å². The maximum absolute atomic E-state index is 12.2. The lowest BCUT2D eigenvalue weighted by Gasteiger charge is -2.11. The van der Waals surface area contributed by atoms with Gasteiger partial charge < -0.3 is 14.2 Å². The molecule has 0 aliphatic rings. The van der Waals surface area contributed by atoms with Gasteiger partial charge in [-0.05, 0) is 49.2 Å². The minimum atomic E-state index is -0.449. The number of methoxy groups -OCH3 is 2. The van der Waals surface area contributed by atoms with Crippen LogP contribution in [0.15, 0.2) is 36.4 Å². The van der Waals surface area contributed by atoms with E-state index in [0.717, 1.165) is 11.1 Å². The second-order valence-electron chi connectivity index (χ2n) is 4.73. The molecule has 0 spiro atoms. The summed E-state index contributed by atoms with van der Waals surface area (Å²) in [6.45, 7) is 3.86. The molecule has 2 aromatic carbocycles. The molecule has 0 aliphatic heterocycles. The Hall–Kier alpha value is -2.49. The summed E-state index contributed by atoms with van der Waals surface area (Å²) in [5.41, 5.74) is 2.42. The van der Waals surface area contributed by atoms with Crippen LogP contribution in [0.2, 0.25) is 0 Å². The number of esters is 1. The molecule has 0 aromatic heterocycles. The zero-order chi connectivity index (χ0) is 15.4. The third kappa shape index (κ3) is 3.34. The van der Waals surface area contributed by atoms with Crippen molar-refractivity contribution in [3.05, 3.63) is 53.1 Å². The van der Waals surface area contributed by atoms with E-state index < -0.39 is 5.97 Å². The highest BCUT2D eigenvalue weighted by Crippen LogP contribution is 2.29. The van der Waals surface area contributed by atoms with E-state index in [1.54, 1.807) is 32.4 Å². The van der Waals surface area contributed by atoms with E-state index >= 15 is 0 Å². The summed E-state index contributed by atoms with van der Waals surface area (Å²) in [6, 6.07) is 10.6. The molecule has 4 nitrogen and oxygen atoms in total. The van der Waals surface area contributed by atoms with Crippen LogP contribution >= 0.6 is 0 Å². The van der Waals surface area contributed by atoms with Gasteiger partial charge in [0.2, 0.25) is 0 Å². The van der Waals surface area contributed by atoms with E-state index in [2.05, 4.69) is 0 Å². The number of aryl methyl sites for hydroxylation is 2. The first-order valence-corrected chi connectivity index (χ1v) is 6.56. The molecule has 0 N–H and O–H groups in total. The smallest absolute Gasteiger partial charge is 0.343 e. The number of hydrogen-bond donors (Lipinski definition) is 0. The third-order valence-corrected chi connectivity index (χ3v) is 3.17. The van der Waals surface area contributed by atoms with Gasteiger partial charge >= 0.3 is 5.97 Å². The fraction of sp³-hybridized carbons (Fsp3) is 0.235. The number of ether oxygens (including phenoxy) is 3. The van der Waals surface area contributed by atoms with Crippen LogP contribution < -0.4 is 14.2 Å². The summed E-state index contributed by atoms with van der Waals surface area (Å²) in [7, 11) is 3.11. The highest BCUT2D eigenvalue weighted by atomic mass is 16.6. The lowest BCUT2D eigenvalue weighted by molar-refractivity contribution is 0.0729. The first-order valence-electron chi connectivity index (χ1n) is 6.56. The van der Waals surface area contributed by atoms with Crippen LogP contribution in [0.1, 0.15) is 21.5 Å². The minimum absolute atomic E-state index is 0.396. The molecule has 0 aliphatic carbocycles. The van der Waals surface area contributed by atoms with Crippen molar-refractivity contribution in [1.29, 1.82) is 0 Å². The minimum Gasteiger partial charge on any atom is -0.496 e. The predicted molar refractivity (Wildman–Crippen MR) is 80.4 cm³/mol. The molecule has 0 saturated heterocycles.